The number of ether oxygens (including phenoxy) is 1. The molecule has 0 aliphatic carbocycles. The molecule has 0 aliphatic rings. The van der Waals surface area contributed by atoms with Crippen LogP contribution in [0.15, 0.2) is 39.3 Å². The lowest BCUT2D eigenvalue weighted by Gasteiger charge is -2.13. The number of hydrogen-bond acceptors (Lipinski definition) is 5. The van der Waals surface area contributed by atoms with Gasteiger partial charge in [0, 0.05) is 41.8 Å². The van der Waals surface area contributed by atoms with E-state index in [2.05, 4.69) is 42.5 Å². The van der Waals surface area contributed by atoms with Crippen molar-refractivity contribution >= 4 is 54.8 Å². The number of rotatable bonds is 8. The van der Waals surface area contributed by atoms with E-state index >= 15 is 0 Å². The molecule has 0 saturated carbocycles. The van der Waals surface area contributed by atoms with Crippen molar-refractivity contribution in [2.75, 3.05) is 25.5 Å². The first-order chi connectivity index (χ1) is 11.9. The van der Waals surface area contributed by atoms with Gasteiger partial charge in [-0.05, 0) is 34.1 Å². The number of non-ortho nitro benzene ring substituents is 1. The predicted octanol–water partition coefficient (Wildman–Crippen LogP) is 4.98. The van der Waals surface area contributed by atoms with E-state index in [4.69, 9.17) is 16.3 Å². The van der Waals surface area contributed by atoms with Crippen molar-refractivity contribution in [3.63, 3.8) is 0 Å². The van der Waals surface area contributed by atoms with E-state index in [1.54, 1.807) is 13.2 Å². The van der Waals surface area contributed by atoms with Crippen molar-refractivity contribution in [3.8, 4) is 5.75 Å². The zero-order valence-corrected chi connectivity index (χ0v) is 17.2. The van der Waals surface area contributed by atoms with Crippen molar-refractivity contribution in [1.29, 1.82) is 0 Å². The molecule has 0 aromatic heterocycles. The molecule has 0 saturated heterocycles. The molecular formula is C16H16Br2ClN3O3. The van der Waals surface area contributed by atoms with Crippen molar-refractivity contribution in [1.82, 2.24) is 5.32 Å². The Morgan fingerprint density at radius 2 is 2.00 bits per heavy atom. The number of nitro groups is 1. The van der Waals surface area contributed by atoms with Gasteiger partial charge < -0.3 is 15.4 Å². The highest BCUT2D eigenvalue weighted by Gasteiger charge is 2.10. The minimum Gasteiger partial charge on any atom is -0.495 e. The van der Waals surface area contributed by atoms with Crippen LogP contribution in [0.4, 0.5) is 11.4 Å². The Balaban J connectivity index is 1.85. The minimum absolute atomic E-state index is 0.0269. The smallest absolute Gasteiger partial charge is 0.271 e. The van der Waals surface area contributed by atoms with Gasteiger partial charge in [-0.3, -0.25) is 10.1 Å². The topological polar surface area (TPSA) is 76.4 Å². The van der Waals surface area contributed by atoms with Gasteiger partial charge in [0.15, 0.2) is 0 Å². The number of nitro benzene ring substituents is 1. The number of methoxy groups -OCH3 is 1. The molecule has 0 atom stereocenters. The maximum Gasteiger partial charge on any atom is 0.271 e. The third-order valence-corrected chi connectivity index (χ3v) is 4.75. The Labute approximate surface area is 167 Å². The quantitative estimate of drug-likeness (QED) is 0.308. The standard InChI is InChI=1S/C16H16Br2ClN3O3/c1-25-16-10(6-11(17)7-13(16)18)9-20-4-5-21-15-3-2-12(22(23)24)8-14(15)19/h2-3,6-8,20-21H,4-5,9H2,1H3. The fraction of sp³-hybridized carbons (Fsp3) is 0.250. The number of benzene rings is 2. The summed E-state index contributed by atoms with van der Waals surface area (Å²) in [5.74, 6) is 0.794. The Kier molecular flexibility index (Phi) is 7.49. The lowest BCUT2D eigenvalue weighted by molar-refractivity contribution is -0.384. The van der Waals surface area contributed by atoms with Crippen LogP contribution in [0.5, 0.6) is 5.75 Å². The van der Waals surface area contributed by atoms with E-state index < -0.39 is 4.92 Å². The average Bonchev–Trinajstić information content (AvgIpc) is 2.55. The van der Waals surface area contributed by atoms with Crippen LogP contribution in [0, 0.1) is 10.1 Å². The third-order valence-electron chi connectivity index (χ3n) is 3.39. The fourth-order valence-electron chi connectivity index (χ4n) is 2.24. The van der Waals surface area contributed by atoms with Crippen LogP contribution < -0.4 is 15.4 Å². The molecule has 0 aliphatic heterocycles. The van der Waals surface area contributed by atoms with Gasteiger partial charge in [-0.1, -0.05) is 27.5 Å². The summed E-state index contributed by atoms with van der Waals surface area (Å²) in [5.41, 5.74) is 1.66. The van der Waals surface area contributed by atoms with E-state index in [0.717, 1.165) is 20.3 Å². The minimum atomic E-state index is -0.472. The highest BCUT2D eigenvalue weighted by atomic mass is 79.9. The zero-order valence-electron chi connectivity index (χ0n) is 13.3. The van der Waals surface area contributed by atoms with Gasteiger partial charge in [0.05, 0.1) is 27.2 Å². The third kappa shape index (κ3) is 5.57. The second kappa shape index (κ2) is 9.38. The maximum atomic E-state index is 10.7. The molecule has 0 heterocycles. The molecule has 25 heavy (non-hydrogen) atoms. The van der Waals surface area contributed by atoms with Gasteiger partial charge in [-0.15, -0.1) is 0 Å². The largest absolute Gasteiger partial charge is 0.495 e. The van der Waals surface area contributed by atoms with E-state index in [0.29, 0.717) is 30.3 Å². The van der Waals surface area contributed by atoms with Crippen LogP contribution in [0.3, 0.4) is 0 Å². The van der Waals surface area contributed by atoms with E-state index in [9.17, 15) is 10.1 Å². The molecule has 0 spiro atoms. The summed E-state index contributed by atoms with van der Waals surface area (Å²) in [7, 11) is 1.63. The molecule has 0 amide bonds. The Bertz CT molecular complexity index is 775. The summed E-state index contributed by atoms with van der Waals surface area (Å²) in [6.45, 7) is 1.94. The van der Waals surface area contributed by atoms with Gasteiger partial charge in [0.1, 0.15) is 5.75 Å². The van der Waals surface area contributed by atoms with Crippen LogP contribution in [0.25, 0.3) is 0 Å². The first-order valence-corrected chi connectivity index (χ1v) is 9.29. The number of nitrogens with zero attached hydrogens (tertiary/aromatic N) is 1. The first kappa shape index (κ1) is 20.0. The fourth-order valence-corrected chi connectivity index (χ4v) is 3.96. The number of halogens is 3. The average molecular weight is 494 g/mol. The van der Waals surface area contributed by atoms with Crippen LogP contribution in [-0.2, 0) is 6.54 Å². The lowest BCUT2D eigenvalue weighted by atomic mass is 10.2. The van der Waals surface area contributed by atoms with E-state index in [-0.39, 0.29) is 5.69 Å². The summed E-state index contributed by atoms with van der Waals surface area (Å²) >= 11 is 13.0. The van der Waals surface area contributed by atoms with Crippen molar-refractivity contribution in [2.45, 2.75) is 6.54 Å². The van der Waals surface area contributed by atoms with Gasteiger partial charge in [0.2, 0.25) is 0 Å². The molecule has 9 heteroatoms. The second-order valence-electron chi connectivity index (χ2n) is 5.10. The van der Waals surface area contributed by atoms with E-state index in [1.807, 2.05) is 12.1 Å². The molecule has 2 aromatic rings. The molecule has 2 aromatic carbocycles. The van der Waals surface area contributed by atoms with Crippen LogP contribution >= 0.6 is 43.5 Å². The van der Waals surface area contributed by atoms with Gasteiger partial charge in [-0.25, -0.2) is 0 Å². The van der Waals surface area contributed by atoms with Crippen LogP contribution in [-0.4, -0.2) is 25.1 Å². The predicted molar refractivity (Wildman–Crippen MR) is 107 cm³/mol. The molecular weight excluding hydrogens is 477 g/mol. The van der Waals surface area contributed by atoms with Gasteiger partial charge in [-0.2, -0.15) is 0 Å². The SMILES string of the molecule is COc1c(Br)cc(Br)cc1CNCCNc1ccc([N+](=O)[O-])cc1Cl. The maximum absolute atomic E-state index is 10.7. The highest BCUT2D eigenvalue weighted by Crippen LogP contribution is 2.32. The summed E-state index contributed by atoms with van der Waals surface area (Å²) in [6, 6.07) is 8.29. The molecule has 0 unspecified atom stereocenters. The number of nitrogens with one attached hydrogen (secondary N) is 2. The van der Waals surface area contributed by atoms with E-state index in [1.165, 1.54) is 12.1 Å². The summed E-state index contributed by atoms with van der Waals surface area (Å²) in [6.07, 6.45) is 0. The number of anilines is 1. The summed E-state index contributed by atoms with van der Waals surface area (Å²) < 4.78 is 7.26. The Morgan fingerprint density at radius 1 is 1.24 bits per heavy atom. The molecule has 0 radical (unpaired) electrons. The Hall–Kier alpha value is -1.35. The number of hydrogen-bond donors (Lipinski definition) is 2. The molecule has 2 N–H and O–H groups in total. The van der Waals surface area contributed by atoms with Gasteiger partial charge in [0.25, 0.3) is 5.69 Å². The van der Waals surface area contributed by atoms with Crippen molar-refractivity contribution < 1.29 is 9.66 Å². The monoisotopic (exact) mass is 491 g/mol. The second-order valence-corrected chi connectivity index (χ2v) is 7.28. The van der Waals surface area contributed by atoms with Crippen LogP contribution in [0.1, 0.15) is 5.56 Å². The zero-order chi connectivity index (χ0) is 18.4. The molecule has 2 rings (SSSR count). The molecule has 0 bridgehead atoms. The van der Waals surface area contributed by atoms with Crippen molar-refractivity contribution in [2.24, 2.45) is 0 Å². The highest BCUT2D eigenvalue weighted by molar-refractivity contribution is 9.11. The molecule has 0 fully saturated rings. The Morgan fingerprint density at radius 3 is 2.64 bits per heavy atom. The summed E-state index contributed by atoms with van der Waals surface area (Å²) in [5, 5.41) is 17.5. The normalized spacial score (nSPS) is 10.6. The lowest BCUT2D eigenvalue weighted by Crippen LogP contribution is -2.22. The van der Waals surface area contributed by atoms with Gasteiger partial charge >= 0.3 is 0 Å². The van der Waals surface area contributed by atoms with Crippen molar-refractivity contribution in [3.05, 3.63) is 60.0 Å². The molecule has 6 nitrogen and oxygen atoms in total. The summed E-state index contributed by atoms with van der Waals surface area (Å²) in [4.78, 5) is 10.2. The van der Waals surface area contributed by atoms with Crippen LogP contribution in [0.2, 0.25) is 5.02 Å². The molecule has 134 valence electrons. The first-order valence-electron chi connectivity index (χ1n) is 7.33.